The molecule has 1 aromatic rings. The van der Waals surface area contributed by atoms with Crippen LogP contribution < -0.4 is 16.6 Å². The molecule has 0 amide bonds. The van der Waals surface area contributed by atoms with Gasteiger partial charge in [0.05, 0.1) is 0 Å². The zero-order valence-electron chi connectivity index (χ0n) is 10.9. The first-order valence-corrected chi connectivity index (χ1v) is 5.56. The Labute approximate surface area is 100 Å². The van der Waals surface area contributed by atoms with E-state index in [1.165, 1.54) is 17.7 Å². The van der Waals surface area contributed by atoms with E-state index in [0.717, 1.165) is 23.4 Å². The molecule has 0 bridgehead atoms. The Morgan fingerprint density at radius 1 is 1.29 bits per heavy atom. The largest absolute Gasteiger partial charge is 0.330 e. The Morgan fingerprint density at radius 3 is 2.53 bits per heavy atom. The van der Waals surface area contributed by atoms with E-state index >= 15 is 0 Å². The smallest absolute Gasteiger partial charge is 0.318 e. The van der Waals surface area contributed by atoms with Gasteiger partial charge in [-0.1, -0.05) is 0 Å². The number of aromatic nitrogens is 2. The quantitative estimate of drug-likeness (QED) is 0.697. The number of hydrogen-bond donors (Lipinski definition) is 1. The summed E-state index contributed by atoms with van der Waals surface area (Å²) in [4.78, 5) is 25.3. The van der Waals surface area contributed by atoms with E-state index in [-0.39, 0.29) is 11.2 Å². The summed E-state index contributed by atoms with van der Waals surface area (Å²) in [5.41, 5.74) is 0.191. The van der Waals surface area contributed by atoms with Gasteiger partial charge in [0.25, 0.3) is 5.56 Å². The molecule has 0 aliphatic carbocycles. The summed E-state index contributed by atoms with van der Waals surface area (Å²) >= 11 is 0. The highest BCUT2D eigenvalue weighted by atomic mass is 16.2. The standard InChI is InChI=1S/C11H20N4O2/c1-12-5-6-13(2)8-9-7-10(16)15(4)11(17)14(9)3/h7,12H,5-6,8H2,1-4H3. The molecular weight excluding hydrogens is 220 g/mol. The van der Waals surface area contributed by atoms with Gasteiger partial charge in [-0.2, -0.15) is 0 Å². The van der Waals surface area contributed by atoms with Gasteiger partial charge in [0, 0.05) is 45.5 Å². The molecule has 96 valence electrons. The second-order valence-corrected chi connectivity index (χ2v) is 4.22. The lowest BCUT2D eigenvalue weighted by Crippen LogP contribution is -2.39. The van der Waals surface area contributed by atoms with Crippen molar-refractivity contribution < 1.29 is 0 Å². The molecule has 0 atom stereocenters. The first-order valence-electron chi connectivity index (χ1n) is 5.56. The van der Waals surface area contributed by atoms with Crippen LogP contribution in [0.3, 0.4) is 0 Å². The maximum absolute atomic E-state index is 11.7. The van der Waals surface area contributed by atoms with Gasteiger partial charge in [-0.05, 0) is 14.1 Å². The van der Waals surface area contributed by atoms with Crippen molar-refractivity contribution in [3.8, 4) is 0 Å². The molecule has 0 fully saturated rings. The third-order valence-electron chi connectivity index (χ3n) is 2.80. The molecule has 1 aromatic heterocycles. The third-order valence-corrected chi connectivity index (χ3v) is 2.80. The summed E-state index contributed by atoms with van der Waals surface area (Å²) in [5.74, 6) is 0. The van der Waals surface area contributed by atoms with Gasteiger partial charge < -0.3 is 5.32 Å². The molecule has 6 heteroatoms. The third kappa shape index (κ3) is 3.28. The van der Waals surface area contributed by atoms with Crippen LogP contribution >= 0.6 is 0 Å². The summed E-state index contributed by atoms with van der Waals surface area (Å²) < 4.78 is 2.62. The fourth-order valence-corrected chi connectivity index (χ4v) is 1.59. The van der Waals surface area contributed by atoms with Crippen LogP contribution in [0, 0.1) is 0 Å². The average molecular weight is 240 g/mol. The van der Waals surface area contributed by atoms with Crippen LogP contribution in [0.25, 0.3) is 0 Å². The molecule has 0 unspecified atom stereocenters. The number of rotatable bonds is 5. The van der Waals surface area contributed by atoms with Gasteiger partial charge >= 0.3 is 5.69 Å². The fraction of sp³-hybridized carbons (Fsp3) is 0.636. The molecule has 6 nitrogen and oxygen atoms in total. The van der Waals surface area contributed by atoms with Crippen molar-refractivity contribution >= 4 is 0 Å². The summed E-state index contributed by atoms with van der Waals surface area (Å²) in [6.07, 6.45) is 0. The Morgan fingerprint density at radius 2 is 1.94 bits per heavy atom. The first kappa shape index (κ1) is 13.7. The first-order chi connectivity index (χ1) is 7.97. The fourth-order valence-electron chi connectivity index (χ4n) is 1.59. The van der Waals surface area contributed by atoms with Crippen molar-refractivity contribution in [2.24, 2.45) is 14.1 Å². The lowest BCUT2D eigenvalue weighted by molar-refractivity contribution is 0.317. The monoisotopic (exact) mass is 240 g/mol. The number of nitrogens with one attached hydrogen (secondary N) is 1. The minimum Gasteiger partial charge on any atom is -0.318 e. The molecule has 1 rings (SSSR count). The molecule has 0 aromatic carbocycles. The predicted octanol–water partition coefficient (Wildman–Crippen LogP) is -1.26. The molecule has 1 N–H and O–H groups in total. The number of nitrogens with zero attached hydrogens (tertiary/aromatic N) is 3. The average Bonchev–Trinajstić information content (AvgIpc) is 2.30. The van der Waals surface area contributed by atoms with Gasteiger partial charge in [0.1, 0.15) is 0 Å². The van der Waals surface area contributed by atoms with E-state index in [4.69, 9.17) is 0 Å². The highest BCUT2D eigenvalue weighted by Gasteiger charge is 2.07. The molecule has 0 saturated heterocycles. The number of likely N-dealkylation sites (N-methyl/N-ethyl adjacent to an activating group) is 2. The molecule has 0 aliphatic heterocycles. The second kappa shape index (κ2) is 5.79. The van der Waals surface area contributed by atoms with Crippen LogP contribution in [-0.4, -0.2) is 41.2 Å². The molecular formula is C11H20N4O2. The van der Waals surface area contributed by atoms with E-state index in [2.05, 4.69) is 10.2 Å². The molecule has 17 heavy (non-hydrogen) atoms. The topological polar surface area (TPSA) is 59.3 Å². The molecule has 1 heterocycles. The Kier molecular flexibility index (Phi) is 4.65. The minimum atomic E-state index is -0.283. The summed E-state index contributed by atoms with van der Waals surface area (Å²) in [6, 6.07) is 1.51. The zero-order chi connectivity index (χ0) is 13.0. The van der Waals surface area contributed by atoms with Crippen molar-refractivity contribution in [3.63, 3.8) is 0 Å². The summed E-state index contributed by atoms with van der Waals surface area (Å²) in [5, 5.41) is 3.05. The Hall–Kier alpha value is -1.40. The summed E-state index contributed by atoms with van der Waals surface area (Å²) in [6.45, 7) is 2.32. The van der Waals surface area contributed by atoms with Crippen LogP contribution in [-0.2, 0) is 20.6 Å². The molecule has 0 saturated carbocycles. The van der Waals surface area contributed by atoms with Crippen LogP contribution in [0.1, 0.15) is 5.69 Å². The Bertz CT molecular complexity index is 489. The predicted molar refractivity (Wildman–Crippen MR) is 67.2 cm³/mol. The van der Waals surface area contributed by atoms with Crippen molar-refractivity contribution in [3.05, 3.63) is 32.6 Å². The lowest BCUT2D eigenvalue weighted by atomic mass is 10.3. The highest BCUT2D eigenvalue weighted by molar-refractivity contribution is 5.01. The van der Waals surface area contributed by atoms with Crippen molar-refractivity contribution in [2.45, 2.75) is 6.54 Å². The van der Waals surface area contributed by atoms with E-state index in [1.54, 1.807) is 7.05 Å². The van der Waals surface area contributed by atoms with Crippen LogP contribution in [0.2, 0.25) is 0 Å². The van der Waals surface area contributed by atoms with Crippen molar-refractivity contribution in [1.29, 1.82) is 0 Å². The van der Waals surface area contributed by atoms with E-state index in [9.17, 15) is 9.59 Å². The van der Waals surface area contributed by atoms with Crippen LogP contribution in [0.4, 0.5) is 0 Å². The van der Waals surface area contributed by atoms with Crippen molar-refractivity contribution in [2.75, 3.05) is 27.2 Å². The normalized spacial score (nSPS) is 11.1. The zero-order valence-corrected chi connectivity index (χ0v) is 10.9. The van der Waals surface area contributed by atoms with Gasteiger partial charge in [-0.25, -0.2) is 4.79 Å². The van der Waals surface area contributed by atoms with Gasteiger partial charge in [0.2, 0.25) is 0 Å². The van der Waals surface area contributed by atoms with E-state index in [1.807, 2.05) is 14.1 Å². The van der Waals surface area contributed by atoms with Gasteiger partial charge in [0.15, 0.2) is 0 Å². The molecule has 0 spiro atoms. The summed E-state index contributed by atoms with van der Waals surface area (Å²) in [7, 11) is 7.02. The van der Waals surface area contributed by atoms with Crippen LogP contribution in [0.15, 0.2) is 15.7 Å². The van der Waals surface area contributed by atoms with E-state index < -0.39 is 0 Å². The number of hydrogen-bond acceptors (Lipinski definition) is 4. The van der Waals surface area contributed by atoms with Gasteiger partial charge in [-0.15, -0.1) is 0 Å². The van der Waals surface area contributed by atoms with Crippen LogP contribution in [0.5, 0.6) is 0 Å². The second-order valence-electron chi connectivity index (χ2n) is 4.22. The van der Waals surface area contributed by atoms with E-state index in [0.29, 0.717) is 6.54 Å². The molecule has 0 aliphatic rings. The van der Waals surface area contributed by atoms with Crippen molar-refractivity contribution in [1.82, 2.24) is 19.4 Å². The minimum absolute atomic E-state index is 0.259. The SMILES string of the molecule is CNCCN(C)Cc1cc(=O)n(C)c(=O)n1C. The maximum Gasteiger partial charge on any atom is 0.330 e. The highest BCUT2D eigenvalue weighted by Crippen LogP contribution is 1.96. The molecule has 0 radical (unpaired) electrons. The maximum atomic E-state index is 11.7. The Balaban J connectivity index is 2.93. The lowest BCUT2D eigenvalue weighted by Gasteiger charge is -2.18. The van der Waals surface area contributed by atoms with Gasteiger partial charge in [-0.3, -0.25) is 18.8 Å².